The summed E-state index contributed by atoms with van der Waals surface area (Å²) in [5, 5.41) is 3.36. The standard InChI is InChI=1S/C16H25F2N3/c1-4-19-16(12-7-13(17)9-14(18)8-12)10-15-11-20(2)5-6-21(15)3/h7-9,15-16,19H,4-6,10-11H2,1-3H3. The summed E-state index contributed by atoms with van der Waals surface area (Å²) >= 11 is 0. The summed E-state index contributed by atoms with van der Waals surface area (Å²) in [4.78, 5) is 4.64. The summed E-state index contributed by atoms with van der Waals surface area (Å²) in [6, 6.07) is 4.15. The molecule has 0 aromatic heterocycles. The molecule has 2 unspecified atom stereocenters. The van der Waals surface area contributed by atoms with Gasteiger partial charge in [-0.05, 0) is 44.8 Å². The zero-order chi connectivity index (χ0) is 15.4. The van der Waals surface area contributed by atoms with Crippen LogP contribution >= 0.6 is 0 Å². The molecule has 1 N–H and O–H groups in total. The number of likely N-dealkylation sites (N-methyl/N-ethyl adjacent to an activating group) is 2. The van der Waals surface area contributed by atoms with E-state index in [4.69, 9.17) is 0 Å². The van der Waals surface area contributed by atoms with Gasteiger partial charge in [-0.1, -0.05) is 6.92 Å². The molecule has 0 bridgehead atoms. The second-order valence-corrected chi connectivity index (χ2v) is 5.95. The van der Waals surface area contributed by atoms with Crippen LogP contribution in [-0.2, 0) is 0 Å². The van der Waals surface area contributed by atoms with Crippen molar-refractivity contribution in [1.29, 1.82) is 0 Å². The maximum atomic E-state index is 13.5. The highest BCUT2D eigenvalue weighted by Gasteiger charge is 2.26. The third-order valence-electron chi connectivity index (χ3n) is 4.23. The third-order valence-corrected chi connectivity index (χ3v) is 4.23. The highest BCUT2D eigenvalue weighted by Crippen LogP contribution is 2.24. The van der Waals surface area contributed by atoms with Gasteiger partial charge in [0.25, 0.3) is 0 Å². The number of hydrogen-bond acceptors (Lipinski definition) is 3. The fraction of sp³-hybridized carbons (Fsp3) is 0.625. The summed E-state index contributed by atoms with van der Waals surface area (Å²) in [5.41, 5.74) is 0.691. The minimum absolute atomic E-state index is 0.0286. The van der Waals surface area contributed by atoms with E-state index in [1.165, 1.54) is 12.1 Å². The second-order valence-electron chi connectivity index (χ2n) is 5.95. The Morgan fingerprint density at radius 2 is 1.86 bits per heavy atom. The van der Waals surface area contributed by atoms with Gasteiger partial charge in [-0.15, -0.1) is 0 Å². The molecule has 2 rings (SSSR count). The van der Waals surface area contributed by atoms with Crippen molar-refractivity contribution < 1.29 is 8.78 Å². The monoisotopic (exact) mass is 297 g/mol. The molecular formula is C16H25F2N3. The van der Waals surface area contributed by atoms with Gasteiger partial charge >= 0.3 is 0 Å². The molecule has 0 aliphatic carbocycles. The Balaban J connectivity index is 2.14. The third kappa shape index (κ3) is 4.46. The molecular weight excluding hydrogens is 272 g/mol. The molecule has 1 aromatic carbocycles. The molecule has 5 heteroatoms. The average Bonchev–Trinajstić information content (AvgIpc) is 2.41. The van der Waals surface area contributed by atoms with Crippen molar-refractivity contribution in [3.05, 3.63) is 35.4 Å². The second kappa shape index (κ2) is 7.29. The van der Waals surface area contributed by atoms with E-state index < -0.39 is 11.6 Å². The molecule has 1 aromatic rings. The Bertz CT molecular complexity index is 447. The molecule has 0 radical (unpaired) electrons. The van der Waals surface area contributed by atoms with Gasteiger partial charge < -0.3 is 15.1 Å². The van der Waals surface area contributed by atoms with Gasteiger partial charge in [0.05, 0.1) is 0 Å². The van der Waals surface area contributed by atoms with Gasteiger partial charge in [-0.2, -0.15) is 0 Å². The molecule has 1 aliphatic heterocycles. The zero-order valence-corrected chi connectivity index (χ0v) is 13.1. The van der Waals surface area contributed by atoms with Gasteiger partial charge in [-0.25, -0.2) is 8.78 Å². The minimum Gasteiger partial charge on any atom is -0.310 e. The van der Waals surface area contributed by atoms with Gasteiger partial charge in [-0.3, -0.25) is 0 Å². The highest BCUT2D eigenvalue weighted by atomic mass is 19.1. The van der Waals surface area contributed by atoms with Crippen molar-refractivity contribution >= 4 is 0 Å². The van der Waals surface area contributed by atoms with E-state index in [0.29, 0.717) is 11.6 Å². The van der Waals surface area contributed by atoms with Crippen LogP contribution in [0.1, 0.15) is 24.9 Å². The smallest absolute Gasteiger partial charge is 0.126 e. The van der Waals surface area contributed by atoms with Crippen LogP contribution in [0, 0.1) is 11.6 Å². The Morgan fingerprint density at radius 3 is 2.48 bits per heavy atom. The first-order chi connectivity index (χ1) is 9.99. The first-order valence-electron chi connectivity index (χ1n) is 7.57. The van der Waals surface area contributed by atoms with Gasteiger partial charge in [0.1, 0.15) is 11.6 Å². The number of hydrogen-bond donors (Lipinski definition) is 1. The summed E-state index contributed by atoms with van der Waals surface area (Å²) < 4.78 is 26.9. The van der Waals surface area contributed by atoms with Gasteiger partial charge in [0.2, 0.25) is 0 Å². The number of piperazine rings is 1. The molecule has 3 nitrogen and oxygen atoms in total. The Hall–Kier alpha value is -1.04. The lowest BCUT2D eigenvalue weighted by atomic mass is 9.97. The van der Waals surface area contributed by atoms with E-state index in [-0.39, 0.29) is 6.04 Å². The van der Waals surface area contributed by atoms with Crippen LogP contribution in [0.3, 0.4) is 0 Å². The SMILES string of the molecule is CCNC(CC1CN(C)CCN1C)c1cc(F)cc(F)c1. The first kappa shape index (κ1) is 16.3. The Morgan fingerprint density at radius 1 is 1.19 bits per heavy atom. The van der Waals surface area contributed by atoms with Gasteiger partial charge in [0.15, 0.2) is 0 Å². The molecule has 1 saturated heterocycles. The maximum absolute atomic E-state index is 13.5. The van der Waals surface area contributed by atoms with Crippen LogP contribution in [0.4, 0.5) is 8.78 Å². The van der Waals surface area contributed by atoms with Crippen molar-refractivity contribution in [2.24, 2.45) is 0 Å². The maximum Gasteiger partial charge on any atom is 0.126 e. The largest absolute Gasteiger partial charge is 0.310 e. The molecule has 1 aliphatic rings. The molecule has 1 fully saturated rings. The number of benzene rings is 1. The lowest BCUT2D eigenvalue weighted by molar-refractivity contribution is 0.101. The predicted octanol–water partition coefficient (Wildman–Crippen LogP) is 2.25. The molecule has 21 heavy (non-hydrogen) atoms. The Kier molecular flexibility index (Phi) is 5.67. The number of halogens is 2. The van der Waals surface area contributed by atoms with Crippen molar-refractivity contribution in [3.8, 4) is 0 Å². The van der Waals surface area contributed by atoms with Crippen LogP contribution in [-0.4, -0.2) is 56.1 Å². The van der Waals surface area contributed by atoms with Crippen molar-refractivity contribution in [2.75, 3.05) is 40.3 Å². The van der Waals surface area contributed by atoms with E-state index in [1.807, 2.05) is 6.92 Å². The summed E-state index contributed by atoms with van der Waals surface area (Å²) in [6.45, 7) is 5.86. The van der Waals surface area contributed by atoms with E-state index in [2.05, 4.69) is 29.2 Å². The highest BCUT2D eigenvalue weighted by molar-refractivity contribution is 5.22. The predicted molar refractivity (Wildman–Crippen MR) is 81.3 cm³/mol. The van der Waals surface area contributed by atoms with Crippen molar-refractivity contribution in [2.45, 2.75) is 25.4 Å². The summed E-state index contributed by atoms with van der Waals surface area (Å²) in [6.07, 6.45) is 0.845. The van der Waals surface area contributed by atoms with Crippen LogP contribution in [0.15, 0.2) is 18.2 Å². The molecule has 1 heterocycles. The lowest BCUT2D eigenvalue weighted by Gasteiger charge is -2.39. The summed E-state index contributed by atoms with van der Waals surface area (Å²) in [7, 11) is 4.23. The van der Waals surface area contributed by atoms with E-state index in [1.54, 1.807) is 0 Å². The van der Waals surface area contributed by atoms with Crippen LogP contribution in [0.25, 0.3) is 0 Å². The quantitative estimate of drug-likeness (QED) is 0.899. The fourth-order valence-corrected chi connectivity index (χ4v) is 2.99. The molecule has 2 atom stereocenters. The average molecular weight is 297 g/mol. The van der Waals surface area contributed by atoms with Gasteiger partial charge in [0, 0.05) is 37.8 Å². The Labute approximate surface area is 125 Å². The van der Waals surface area contributed by atoms with Crippen molar-refractivity contribution in [1.82, 2.24) is 15.1 Å². The number of rotatable bonds is 5. The summed E-state index contributed by atoms with van der Waals surface area (Å²) in [5.74, 6) is -1.02. The van der Waals surface area contributed by atoms with E-state index >= 15 is 0 Å². The fourth-order valence-electron chi connectivity index (χ4n) is 2.99. The van der Waals surface area contributed by atoms with Crippen LogP contribution in [0.5, 0.6) is 0 Å². The zero-order valence-electron chi connectivity index (χ0n) is 13.1. The number of nitrogens with one attached hydrogen (secondary N) is 1. The topological polar surface area (TPSA) is 18.5 Å². The molecule has 0 spiro atoms. The molecule has 0 amide bonds. The van der Waals surface area contributed by atoms with Crippen molar-refractivity contribution in [3.63, 3.8) is 0 Å². The van der Waals surface area contributed by atoms with E-state index in [9.17, 15) is 8.78 Å². The van der Waals surface area contributed by atoms with Crippen LogP contribution < -0.4 is 5.32 Å². The van der Waals surface area contributed by atoms with Crippen LogP contribution in [0.2, 0.25) is 0 Å². The normalized spacial score (nSPS) is 22.4. The molecule has 118 valence electrons. The lowest BCUT2D eigenvalue weighted by Crippen LogP contribution is -2.51. The first-order valence-corrected chi connectivity index (χ1v) is 7.57. The molecule has 0 saturated carbocycles. The number of nitrogens with zero attached hydrogens (tertiary/aromatic N) is 2. The minimum atomic E-state index is -0.512. The van der Waals surface area contributed by atoms with E-state index in [0.717, 1.165) is 38.7 Å².